The molecular formula is C9H22LiN. The van der Waals surface area contributed by atoms with Gasteiger partial charge in [-0.2, -0.15) is 0 Å². The van der Waals surface area contributed by atoms with Crippen LogP contribution >= 0.6 is 0 Å². The van der Waals surface area contributed by atoms with E-state index in [0.717, 1.165) is 0 Å². The van der Waals surface area contributed by atoms with Crippen molar-refractivity contribution >= 4 is 0 Å². The average Bonchev–Trinajstić information content (AvgIpc) is 1.90. The first-order chi connectivity index (χ1) is 4.85. The van der Waals surface area contributed by atoms with Gasteiger partial charge in [-0.15, -0.1) is 0 Å². The normalized spacial score (nSPS) is 9.82. The molecular weight excluding hydrogens is 129 g/mol. The molecule has 11 heavy (non-hydrogen) atoms. The molecule has 0 fully saturated rings. The van der Waals surface area contributed by atoms with Gasteiger partial charge in [0.2, 0.25) is 0 Å². The predicted molar refractivity (Wildman–Crippen MR) is 48.4 cm³/mol. The second kappa shape index (κ2) is 10.6. The molecule has 0 unspecified atom stereocenters. The van der Waals surface area contributed by atoms with Crippen LogP contribution in [0.5, 0.6) is 0 Å². The van der Waals surface area contributed by atoms with Crippen molar-refractivity contribution in [2.45, 2.75) is 40.0 Å². The van der Waals surface area contributed by atoms with E-state index < -0.39 is 0 Å². The van der Waals surface area contributed by atoms with Gasteiger partial charge in [0.1, 0.15) is 0 Å². The summed E-state index contributed by atoms with van der Waals surface area (Å²) in [5.74, 6) is 0. The third kappa shape index (κ3) is 8.46. The Morgan fingerprint density at radius 1 is 0.818 bits per heavy atom. The van der Waals surface area contributed by atoms with Crippen LogP contribution in [0, 0.1) is 0 Å². The molecule has 2 heteroatoms. The zero-order valence-corrected chi connectivity index (χ0v) is 8.69. The molecule has 0 aromatic rings. The third-order valence-corrected chi connectivity index (χ3v) is 1.62. The van der Waals surface area contributed by atoms with Crippen molar-refractivity contribution in [3.63, 3.8) is 0 Å². The molecule has 0 saturated carbocycles. The molecule has 0 aromatic heterocycles. The molecule has 0 aliphatic carbocycles. The van der Waals surface area contributed by atoms with Crippen molar-refractivity contribution in [3.8, 4) is 0 Å². The first kappa shape index (κ1) is 14.1. The van der Waals surface area contributed by atoms with Gasteiger partial charge in [-0.1, -0.05) is 20.8 Å². The van der Waals surface area contributed by atoms with Crippen LogP contribution in [-0.4, -0.2) is 24.5 Å². The SMILES string of the molecule is CCCN(CCC)CCC.[H-].[Li+]. The monoisotopic (exact) mass is 151 g/mol. The largest absolute Gasteiger partial charge is 1.00 e. The topological polar surface area (TPSA) is 3.24 Å². The van der Waals surface area contributed by atoms with Crippen LogP contribution in [0.4, 0.5) is 0 Å². The summed E-state index contributed by atoms with van der Waals surface area (Å²) in [6.45, 7) is 10.6. The Bertz CT molecular complexity index is 57.3. The fourth-order valence-electron chi connectivity index (χ4n) is 1.28. The molecule has 0 atom stereocenters. The second-order valence-corrected chi connectivity index (χ2v) is 2.84. The number of hydrogen-bond acceptors (Lipinski definition) is 1. The van der Waals surface area contributed by atoms with E-state index in [2.05, 4.69) is 25.7 Å². The second-order valence-electron chi connectivity index (χ2n) is 2.84. The fraction of sp³-hybridized carbons (Fsp3) is 1.00. The Hall–Kier alpha value is 0.557. The van der Waals surface area contributed by atoms with Crippen LogP contribution in [0.2, 0.25) is 0 Å². The summed E-state index contributed by atoms with van der Waals surface area (Å²) in [6.07, 6.45) is 3.88. The van der Waals surface area contributed by atoms with Crippen molar-refractivity contribution in [2.24, 2.45) is 0 Å². The zero-order chi connectivity index (χ0) is 7.82. The molecule has 64 valence electrons. The maximum atomic E-state index is 2.54. The van der Waals surface area contributed by atoms with Crippen molar-refractivity contribution in [1.29, 1.82) is 0 Å². The van der Waals surface area contributed by atoms with Gasteiger partial charge < -0.3 is 6.33 Å². The van der Waals surface area contributed by atoms with Crippen molar-refractivity contribution in [3.05, 3.63) is 0 Å². The van der Waals surface area contributed by atoms with Crippen molar-refractivity contribution in [2.75, 3.05) is 19.6 Å². The Morgan fingerprint density at radius 2 is 1.09 bits per heavy atom. The van der Waals surface area contributed by atoms with Crippen molar-refractivity contribution < 1.29 is 20.3 Å². The summed E-state index contributed by atoms with van der Waals surface area (Å²) in [7, 11) is 0. The van der Waals surface area contributed by atoms with Gasteiger partial charge in [0.15, 0.2) is 0 Å². The first-order valence-electron chi connectivity index (χ1n) is 4.57. The summed E-state index contributed by atoms with van der Waals surface area (Å²) < 4.78 is 0. The molecule has 0 bridgehead atoms. The van der Waals surface area contributed by atoms with Gasteiger partial charge in [-0.3, -0.25) is 0 Å². The maximum Gasteiger partial charge on any atom is 1.00 e. The summed E-state index contributed by atoms with van der Waals surface area (Å²) in [6, 6.07) is 0. The van der Waals surface area contributed by atoms with Crippen LogP contribution in [0.25, 0.3) is 0 Å². The van der Waals surface area contributed by atoms with Crippen LogP contribution in [0.15, 0.2) is 0 Å². The van der Waals surface area contributed by atoms with Crippen molar-refractivity contribution in [1.82, 2.24) is 4.90 Å². The Kier molecular flexibility index (Phi) is 13.5. The fourth-order valence-corrected chi connectivity index (χ4v) is 1.28. The minimum atomic E-state index is 0. The van der Waals surface area contributed by atoms with Gasteiger partial charge in [0.05, 0.1) is 0 Å². The predicted octanol–water partition coefficient (Wildman–Crippen LogP) is -0.365. The zero-order valence-electron chi connectivity index (χ0n) is 9.69. The average molecular weight is 151 g/mol. The van der Waals surface area contributed by atoms with E-state index in [1.165, 1.54) is 38.9 Å². The van der Waals surface area contributed by atoms with E-state index in [0.29, 0.717) is 0 Å². The molecule has 0 radical (unpaired) electrons. The Balaban J connectivity index is -0.000000405. The van der Waals surface area contributed by atoms with Crippen LogP contribution in [-0.2, 0) is 0 Å². The smallest absolute Gasteiger partial charge is 1.00 e. The Morgan fingerprint density at radius 3 is 1.27 bits per heavy atom. The molecule has 0 amide bonds. The minimum Gasteiger partial charge on any atom is -1.00 e. The summed E-state index contributed by atoms with van der Waals surface area (Å²) in [5, 5.41) is 0. The molecule has 0 spiro atoms. The molecule has 1 nitrogen and oxygen atoms in total. The summed E-state index contributed by atoms with van der Waals surface area (Å²) in [5.41, 5.74) is 0. The first-order valence-corrected chi connectivity index (χ1v) is 4.57. The van der Waals surface area contributed by atoms with E-state index in [1.807, 2.05) is 0 Å². The van der Waals surface area contributed by atoms with Gasteiger partial charge >= 0.3 is 18.9 Å². The maximum absolute atomic E-state index is 2.54. The van der Waals surface area contributed by atoms with E-state index in [9.17, 15) is 0 Å². The molecule has 0 aromatic carbocycles. The van der Waals surface area contributed by atoms with E-state index in [1.54, 1.807) is 0 Å². The summed E-state index contributed by atoms with van der Waals surface area (Å²) >= 11 is 0. The molecule has 0 N–H and O–H groups in total. The van der Waals surface area contributed by atoms with Gasteiger partial charge in [0.25, 0.3) is 0 Å². The van der Waals surface area contributed by atoms with Gasteiger partial charge in [0, 0.05) is 0 Å². The standard InChI is InChI=1S/C9H21N.Li.H/c1-4-7-10(8-5-2)9-6-3;;/h4-9H2,1-3H3;;/q;+1;-1. The number of nitrogens with zero attached hydrogens (tertiary/aromatic N) is 1. The third-order valence-electron chi connectivity index (χ3n) is 1.62. The molecule has 0 aliphatic rings. The van der Waals surface area contributed by atoms with Crippen LogP contribution in [0.3, 0.4) is 0 Å². The number of rotatable bonds is 6. The molecule has 0 saturated heterocycles. The quantitative estimate of drug-likeness (QED) is 0.468. The molecule has 0 aliphatic heterocycles. The molecule has 0 heterocycles. The van der Waals surface area contributed by atoms with Gasteiger partial charge in [-0.25, -0.2) is 0 Å². The van der Waals surface area contributed by atoms with Crippen LogP contribution in [0.1, 0.15) is 41.5 Å². The molecule has 0 rings (SSSR count). The Labute approximate surface area is 85.2 Å². The minimum absolute atomic E-state index is 0. The van der Waals surface area contributed by atoms with E-state index in [-0.39, 0.29) is 20.3 Å². The number of hydrogen-bond donors (Lipinski definition) is 0. The van der Waals surface area contributed by atoms with E-state index in [4.69, 9.17) is 0 Å². The van der Waals surface area contributed by atoms with Gasteiger partial charge in [-0.05, 0) is 38.9 Å². The summed E-state index contributed by atoms with van der Waals surface area (Å²) in [4.78, 5) is 2.54. The van der Waals surface area contributed by atoms with Crippen LogP contribution < -0.4 is 18.9 Å². The van der Waals surface area contributed by atoms with E-state index >= 15 is 0 Å².